The van der Waals surface area contributed by atoms with Crippen molar-refractivity contribution in [3.63, 3.8) is 0 Å². The van der Waals surface area contributed by atoms with Crippen molar-refractivity contribution in [1.29, 1.82) is 0 Å². The molecule has 4 rings (SSSR count). The minimum Gasteiger partial charge on any atom is -0.294 e. The van der Waals surface area contributed by atoms with E-state index in [1.165, 1.54) is 8.61 Å². The van der Waals surface area contributed by atoms with Crippen molar-refractivity contribution in [2.75, 3.05) is 20.6 Å². The predicted octanol–water partition coefficient (Wildman–Crippen LogP) is 3.03. The van der Waals surface area contributed by atoms with E-state index in [2.05, 4.69) is 13.8 Å². The van der Waals surface area contributed by atoms with Gasteiger partial charge in [0.05, 0.1) is 29.5 Å². The van der Waals surface area contributed by atoms with Gasteiger partial charge in [0.2, 0.25) is 0 Å². The molecule has 1 fully saturated rings. The highest BCUT2D eigenvalue weighted by atomic mass is 32.2. The molecule has 0 spiro atoms. The summed E-state index contributed by atoms with van der Waals surface area (Å²) in [5.41, 5.74) is 3.18. The normalized spacial score (nSPS) is 21.9. The van der Waals surface area contributed by atoms with E-state index in [0.29, 0.717) is 37.2 Å². The first-order valence-electron chi connectivity index (χ1n) is 10.5. The van der Waals surface area contributed by atoms with Gasteiger partial charge >= 0.3 is 0 Å². The first-order valence-corrected chi connectivity index (χ1v) is 11.9. The highest BCUT2D eigenvalue weighted by molar-refractivity contribution is 7.86. The molecule has 8 heteroatoms. The molecule has 1 saturated heterocycles. The second kappa shape index (κ2) is 7.59. The van der Waals surface area contributed by atoms with E-state index < -0.39 is 16.3 Å². The molecule has 1 aromatic carbocycles. The van der Waals surface area contributed by atoms with E-state index in [1.807, 2.05) is 35.0 Å². The first kappa shape index (κ1) is 21.2. The third-order valence-corrected chi connectivity index (χ3v) is 8.05. The van der Waals surface area contributed by atoms with Gasteiger partial charge in [0, 0.05) is 27.1 Å². The third-order valence-electron chi connectivity index (χ3n) is 6.10. The van der Waals surface area contributed by atoms with Crippen molar-refractivity contribution in [3.8, 4) is 0 Å². The molecule has 2 heterocycles. The van der Waals surface area contributed by atoms with Crippen LogP contribution in [-0.4, -0.2) is 53.2 Å². The van der Waals surface area contributed by atoms with Gasteiger partial charge in [-0.2, -0.15) is 22.1 Å². The molecule has 0 saturated carbocycles. The number of aromatic nitrogens is 2. The van der Waals surface area contributed by atoms with Gasteiger partial charge in [0.1, 0.15) is 0 Å². The fourth-order valence-electron chi connectivity index (χ4n) is 4.66. The lowest BCUT2D eigenvalue weighted by molar-refractivity contribution is 0.0907. The molecule has 1 aromatic heterocycles. The molecule has 2 aliphatic rings. The number of rotatable bonds is 5. The quantitative estimate of drug-likeness (QED) is 0.731. The van der Waals surface area contributed by atoms with Gasteiger partial charge in [-0.15, -0.1) is 0 Å². The van der Waals surface area contributed by atoms with Crippen LogP contribution in [0.4, 0.5) is 0 Å². The number of hydrogen-bond donors (Lipinski definition) is 0. The number of Topliss-reactive ketones (excluding diaryl/α,β-unsaturated/α-hetero) is 1. The molecular formula is C22H30N4O3S. The van der Waals surface area contributed by atoms with Gasteiger partial charge < -0.3 is 0 Å². The zero-order valence-corrected chi connectivity index (χ0v) is 18.9. The standard InChI is InChI=1S/C22H30N4O3S/c1-22(2)13-18-20(19(27)14-22)21(23-25(18)15-16-9-6-5-7-10-16)17-11-8-12-26(17)30(28,29)24(3)4/h5-7,9-10,17H,8,11-15H2,1-4H3/t17-/m1/s1. The van der Waals surface area contributed by atoms with Gasteiger partial charge in [-0.05, 0) is 30.2 Å². The second-order valence-corrected chi connectivity index (χ2v) is 11.4. The van der Waals surface area contributed by atoms with E-state index in [-0.39, 0.29) is 11.2 Å². The van der Waals surface area contributed by atoms with E-state index >= 15 is 0 Å². The molecule has 1 aliphatic carbocycles. The Labute approximate surface area is 178 Å². The molecule has 0 amide bonds. The van der Waals surface area contributed by atoms with Crippen LogP contribution in [-0.2, 0) is 23.2 Å². The van der Waals surface area contributed by atoms with Gasteiger partial charge in [0.25, 0.3) is 10.2 Å². The summed E-state index contributed by atoms with van der Waals surface area (Å²) >= 11 is 0. The molecule has 0 unspecified atom stereocenters. The highest BCUT2D eigenvalue weighted by Crippen LogP contribution is 2.42. The van der Waals surface area contributed by atoms with Crippen LogP contribution < -0.4 is 0 Å². The predicted molar refractivity (Wildman–Crippen MR) is 115 cm³/mol. The number of fused-ring (bicyclic) bond motifs is 1. The number of ketones is 1. The smallest absolute Gasteiger partial charge is 0.282 e. The maximum absolute atomic E-state index is 13.2. The maximum atomic E-state index is 13.2. The average Bonchev–Trinajstić information content (AvgIpc) is 3.27. The van der Waals surface area contributed by atoms with E-state index in [4.69, 9.17) is 5.10 Å². The Balaban J connectivity index is 1.82. The van der Waals surface area contributed by atoms with Gasteiger partial charge in [-0.3, -0.25) is 9.48 Å². The fourth-order valence-corrected chi connectivity index (χ4v) is 5.97. The van der Waals surface area contributed by atoms with Gasteiger partial charge in [-0.25, -0.2) is 0 Å². The molecule has 162 valence electrons. The van der Waals surface area contributed by atoms with Crippen LogP contribution in [0.25, 0.3) is 0 Å². The molecule has 0 bridgehead atoms. The summed E-state index contributed by atoms with van der Waals surface area (Å²) in [7, 11) is -0.497. The van der Waals surface area contributed by atoms with Crippen molar-refractivity contribution >= 4 is 16.0 Å². The van der Waals surface area contributed by atoms with Crippen LogP contribution in [0.15, 0.2) is 30.3 Å². The van der Waals surface area contributed by atoms with Crippen LogP contribution in [0.1, 0.15) is 66.5 Å². The van der Waals surface area contributed by atoms with Crippen molar-refractivity contribution in [1.82, 2.24) is 18.4 Å². The van der Waals surface area contributed by atoms with Crippen molar-refractivity contribution < 1.29 is 13.2 Å². The highest BCUT2D eigenvalue weighted by Gasteiger charge is 2.43. The molecule has 0 N–H and O–H groups in total. The number of nitrogens with zero attached hydrogens (tertiary/aromatic N) is 4. The zero-order chi connectivity index (χ0) is 21.7. The van der Waals surface area contributed by atoms with E-state index in [1.54, 1.807) is 14.1 Å². The minimum atomic E-state index is -3.58. The van der Waals surface area contributed by atoms with Crippen molar-refractivity contribution in [3.05, 3.63) is 52.8 Å². The summed E-state index contributed by atoms with van der Waals surface area (Å²) in [5, 5.41) is 4.88. The van der Waals surface area contributed by atoms with E-state index in [9.17, 15) is 13.2 Å². The largest absolute Gasteiger partial charge is 0.294 e. The Hall–Kier alpha value is -2.03. The number of carbonyl (C=O) groups is 1. The summed E-state index contributed by atoms with van der Waals surface area (Å²) in [4.78, 5) is 13.2. The van der Waals surface area contributed by atoms with Crippen LogP contribution in [0, 0.1) is 5.41 Å². The summed E-state index contributed by atoms with van der Waals surface area (Å²) in [6.45, 7) is 5.22. The van der Waals surface area contributed by atoms with E-state index in [0.717, 1.165) is 24.1 Å². The zero-order valence-electron chi connectivity index (χ0n) is 18.1. The number of carbonyl (C=O) groups excluding carboxylic acids is 1. The average molecular weight is 431 g/mol. The molecule has 2 aromatic rings. The maximum Gasteiger partial charge on any atom is 0.282 e. The molecule has 30 heavy (non-hydrogen) atoms. The molecule has 1 aliphatic heterocycles. The topological polar surface area (TPSA) is 75.5 Å². The van der Waals surface area contributed by atoms with Crippen molar-refractivity contribution in [2.45, 2.75) is 52.1 Å². The van der Waals surface area contributed by atoms with Gasteiger partial charge in [0.15, 0.2) is 5.78 Å². The Bertz CT molecular complexity index is 1060. The molecule has 1 atom stereocenters. The van der Waals surface area contributed by atoms with Crippen molar-refractivity contribution in [2.24, 2.45) is 5.41 Å². The van der Waals surface area contributed by atoms with Crippen LogP contribution in [0.5, 0.6) is 0 Å². The van der Waals surface area contributed by atoms with Crippen LogP contribution in [0.3, 0.4) is 0 Å². The van der Waals surface area contributed by atoms with Crippen LogP contribution >= 0.6 is 0 Å². The fraction of sp³-hybridized carbons (Fsp3) is 0.545. The van der Waals surface area contributed by atoms with Crippen LogP contribution in [0.2, 0.25) is 0 Å². The molecule has 0 radical (unpaired) electrons. The summed E-state index contributed by atoms with van der Waals surface area (Å²) in [6, 6.07) is 9.65. The summed E-state index contributed by atoms with van der Waals surface area (Å²) in [5.74, 6) is 0.0738. The molecular weight excluding hydrogens is 400 g/mol. The lowest BCUT2D eigenvalue weighted by Gasteiger charge is -2.30. The summed E-state index contributed by atoms with van der Waals surface area (Å²) in [6.07, 6.45) is 2.65. The first-order chi connectivity index (χ1) is 14.1. The Morgan fingerprint density at radius 1 is 1.17 bits per heavy atom. The lowest BCUT2D eigenvalue weighted by atomic mass is 9.75. The second-order valence-electron chi connectivity index (χ2n) is 9.35. The molecule has 7 nitrogen and oxygen atoms in total. The number of hydrogen-bond acceptors (Lipinski definition) is 4. The Morgan fingerprint density at radius 3 is 2.53 bits per heavy atom. The minimum absolute atomic E-state index is 0.0738. The number of benzene rings is 1. The third kappa shape index (κ3) is 3.72. The summed E-state index contributed by atoms with van der Waals surface area (Å²) < 4.78 is 30.5. The monoisotopic (exact) mass is 430 g/mol. The Morgan fingerprint density at radius 2 is 1.87 bits per heavy atom. The SMILES string of the molecule is CN(C)S(=O)(=O)N1CCC[C@@H]1c1nn(Cc2ccccc2)c2c1C(=O)CC(C)(C)C2. The lowest BCUT2D eigenvalue weighted by Crippen LogP contribution is -2.40. The Kier molecular flexibility index (Phi) is 5.36. The van der Waals surface area contributed by atoms with Gasteiger partial charge in [-0.1, -0.05) is 44.2 Å².